The van der Waals surface area contributed by atoms with Crippen molar-refractivity contribution in [2.45, 2.75) is 31.7 Å². The van der Waals surface area contributed by atoms with Crippen LogP contribution in [0.4, 0.5) is 5.95 Å². The Balaban J connectivity index is 1.71. The number of nitrogens with one attached hydrogen (secondary N) is 1. The van der Waals surface area contributed by atoms with Crippen molar-refractivity contribution in [2.75, 3.05) is 18.8 Å². The van der Waals surface area contributed by atoms with Gasteiger partial charge in [-0.25, -0.2) is 0 Å². The molecule has 2 aromatic rings. The molecule has 7 nitrogen and oxygen atoms in total. The SMILES string of the molecule is Cc1ccc(C(C(=O)O)N2CCC(c3nc(N)n[nH]3)CC2)cc1. The maximum Gasteiger partial charge on any atom is 0.325 e. The molecule has 0 amide bonds. The summed E-state index contributed by atoms with van der Waals surface area (Å²) in [6.45, 7) is 3.40. The fourth-order valence-corrected chi connectivity index (χ4v) is 3.16. The van der Waals surface area contributed by atoms with E-state index < -0.39 is 12.0 Å². The van der Waals surface area contributed by atoms with E-state index in [1.165, 1.54) is 0 Å². The van der Waals surface area contributed by atoms with Crippen LogP contribution in [0.15, 0.2) is 24.3 Å². The number of carbonyl (C=O) groups is 1. The van der Waals surface area contributed by atoms with Gasteiger partial charge in [0.15, 0.2) is 0 Å². The van der Waals surface area contributed by atoms with Crippen molar-refractivity contribution < 1.29 is 9.90 Å². The van der Waals surface area contributed by atoms with Crippen LogP contribution in [0.2, 0.25) is 0 Å². The van der Waals surface area contributed by atoms with E-state index >= 15 is 0 Å². The van der Waals surface area contributed by atoms with Crippen molar-refractivity contribution >= 4 is 11.9 Å². The number of aromatic nitrogens is 3. The van der Waals surface area contributed by atoms with E-state index in [1.54, 1.807) is 0 Å². The number of aromatic amines is 1. The Kier molecular flexibility index (Phi) is 4.29. The monoisotopic (exact) mass is 315 g/mol. The minimum absolute atomic E-state index is 0.253. The molecule has 1 aliphatic rings. The predicted molar refractivity (Wildman–Crippen MR) is 85.9 cm³/mol. The molecule has 0 spiro atoms. The van der Waals surface area contributed by atoms with Crippen LogP contribution in [-0.4, -0.2) is 44.2 Å². The molecule has 2 heterocycles. The molecule has 0 saturated carbocycles. The lowest BCUT2D eigenvalue weighted by Crippen LogP contribution is -2.39. The third-order valence-corrected chi connectivity index (χ3v) is 4.43. The van der Waals surface area contributed by atoms with Gasteiger partial charge in [-0.3, -0.25) is 14.8 Å². The molecule has 1 saturated heterocycles. The Morgan fingerprint density at radius 3 is 2.52 bits per heavy atom. The highest BCUT2D eigenvalue weighted by Crippen LogP contribution is 2.31. The van der Waals surface area contributed by atoms with Crippen LogP contribution in [0.5, 0.6) is 0 Å². The smallest absolute Gasteiger partial charge is 0.325 e. The van der Waals surface area contributed by atoms with E-state index in [2.05, 4.69) is 15.2 Å². The number of nitrogen functional groups attached to an aromatic ring is 1. The summed E-state index contributed by atoms with van der Waals surface area (Å²) in [4.78, 5) is 18.0. The van der Waals surface area contributed by atoms with E-state index in [4.69, 9.17) is 5.73 Å². The second-order valence-corrected chi connectivity index (χ2v) is 6.04. The number of hydrogen-bond acceptors (Lipinski definition) is 5. The first-order valence-corrected chi connectivity index (χ1v) is 7.76. The topological polar surface area (TPSA) is 108 Å². The van der Waals surface area contributed by atoms with Gasteiger partial charge in [0.2, 0.25) is 5.95 Å². The zero-order valence-electron chi connectivity index (χ0n) is 13.1. The number of aryl methyl sites for hydroxylation is 1. The first-order chi connectivity index (χ1) is 11.0. The molecular formula is C16H21N5O2. The largest absolute Gasteiger partial charge is 0.480 e. The van der Waals surface area contributed by atoms with Gasteiger partial charge in [0.25, 0.3) is 0 Å². The Morgan fingerprint density at radius 2 is 2.00 bits per heavy atom. The number of nitrogens with zero attached hydrogens (tertiary/aromatic N) is 3. The molecule has 0 radical (unpaired) electrons. The van der Waals surface area contributed by atoms with E-state index in [1.807, 2.05) is 36.1 Å². The van der Waals surface area contributed by atoms with E-state index in [0.29, 0.717) is 13.1 Å². The molecule has 4 N–H and O–H groups in total. The number of piperidine rings is 1. The molecule has 122 valence electrons. The number of carboxylic acids is 1. The van der Waals surface area contributed by atoms with Gasteiger partial charge in [-0.05, 0) is 38.4 Å². The third-order valence-electron chi connectivity index (χ3n) is 4.43. The summed E-state index contributed by atoms with van der Waals surface area (Å²) >= 11 is 0. The molecular weight excluding hydrogens is 294 g/mol. The van der Waals surface area contributed by atoms with Gasteiger partial charge >= 0.3 is 5.97 Å². The maximum atomic E-state index is 11.8. The van der Waals surface area contributed by atoms with Crippen LogP contribution in [0, 0.1) is 6.92 Å². The summed E-state index contributed by atoms with van der Waals surface area (Å²) in [6, 6.07) is 7.11. The number of anilines is 1. The van der Waals surface area contributed by atoms with Gasteiger partial charge < -0.3 is 10.8 Å². The van der Waals surface area contributed by atoms with Crippen LogP contribution in [0.25, 0.3) is 0 Å². The van der Waals surface area contributed by atoms with Crippen LogP contribution in [-0.2, 0) is 4.79 Å². The van der Waals surface area contributed by atoms with Gasteiger partial charge in [-0.1, -0.05) is 29.8 Å². The van der Waals surface area contributed by atoms with Crippen LogP contribution in [0.1, 0.15) is 41.8 Å². The summed E-state index contributed by atoms with van der Waals surface area (Å²) in [7, 11) is 0. The lowest BCUT2D eigenvalue weighted by atomic mass is 9.93. The Labute approximate surface area is 134 Å². The van der Waals surface area contributed by atoms with Crippen molar-refractivity contribution in [3.8, 4) is 0 Å². The number of aliphatic carboxylic acids is 1. The second kappa shape index (κ2) is 6.37. The number of likely N-dealkylation sites (tertiary alicyclic amines) is 1. The molecule has 7 heteroatoms. The average molecular weight is 315 g/mol. The number of H-pyrrole nitrogens is 1. The molecule has 1 fully saturated rings. The molecule has 1 unspecified atom stereocenters. The zero-order valence-corrected chi connectivity index (χ0v) is 13.1. The van der Waals surface area contributed by atoms with E-state index in [0.717, 1.165) is 29.8 Å². The number of rotatable bonds is 4. The number of benzene rings is 1. The summed E-state index contributed by atoms with van der Waals surface area (Å²) in [5.41, 5.74) is 7.50. The Hall–Kier alpha value is -2.41. The number of hydrogen-bond donors (Lipinski definition) is 3. The van der Waals surface area contributed by atoms with Crippen LogP contribution < -0.4 is 5.73 Å². The number of nitrogens with two attached hydrogens (primary N) is 1. The molecule has 1 aromatic carbocycles. The van der Waals surface area contributed by atoms with Gasteiger partial charge in [0.1, 0.15) is 11.9 Å². The minimum Gasteiger partial charge on any atom is -0.480 e. The Bertz CT molecular complexity index is 674. The molecule has 1 aliphatic heterocycles. The van der Waals surface area contributed by atoms with Crippen molar-refractivity contribution in [3.63, 3.8) is 0 Å². The van der Waals surface area contributed by atoms with Crippen LogP contribution >= 0.6 is 0 Å². The summed E-state index contributed by atoms with van der Waals surface area (Å²) < 4.78 is 0. The lowest BCUT2D eigenvalue weighted by Gasteiger charge is -2.35. The highest BCUT2D eigenvalue weighted by atomic mass is 16.4. The van der Waals surface area contributed by atoms with Gasteiger partial charge in [0, 0.05) is 5.92 Å². The molecule has 23 heavy (non-hydrogen) atoms. The number of carboxylic acid groups (broad SMARTS) is 1. The zero-order chi connectivity index (χ0) is 16.4. The standard InChI is InChI=1S/C16H21N5O2/c1-10-2-4-11(5-3-10)13(15(22)23)21-8-6-12(7-9-21)14-18-16(17)20-19-14/h2-5,12-13H,6-9H2,1H3,(H,22,23)(H3,17,18,19,20). The normalized spacial score (nSPS) is 18.0. The summed E-state index contributed by atoms with van der Waals surface area (Å²) in [5.74, 6) is 0.495. The van der Waals surface area contributed by atoms with E-state index in [-0.39, 0.29) is 11.9 Å². The molecule has 1 aromatic heterocycles. The first kappa shape index (κ1) is 15.5. The second-order valence-electron chi connectivity index (χ2n) is 6.04. The summed E-state index contributed by atoms with van der Waals surface area (Å²) in [5, 5.41) is 16.4. The molecule has 3 rings (SSSR count). The fraction of sp³-hybridized carbons (Fsp3) is 0.438. The van der Waals surface area contributed by atoms with Gasteiger partial charge in [-0.15, -0.1) is 5.10 Å². The summed E-state index contributed by atoms with van der Waals surface area (Å²) in [6.07, 6.45) is 1.68. The van der Waals surface area contributed by atoms with Crippen molar-refractivity contribution in [2.24, 2.45) is 0 Å². The maximum absolute atomic E-state index is 11.8. The third kappa shape index (κ3) is 3.34. The van der Waals surface area contributed by atoms with E-state index in [9.17, 15) is 9.90 Å². The van der Waals surface area contributed by atoms with Crippen molar-refractivity contribution in [3.05, 3.63) is 41.2 Å². The minimum atomic E-state index is -0.809. The fourth-order valence-electron chi connectivity index (χ4n) is 3.16. The van der Waals surface area contributed by atoms with Gasteiger partial charge in [-0.2, -0.15) is 4.98 Å². The lowest BCUT2D eigenvalue weighted by molar-refractivity contribution is -0.144. The van der Waals surface area contributed by atoms with Crippen LogP contribution in [0.3, 0.4) is 0 Å². The predicted octanol–water partition coefficient (Wildman–Crippen LogP) is 1.70. The van der Waals surface area contributed by atoms with Crippen molar-refractivity contribution in [1.29, 1.82) is 0 Å². The van der Waals surface area contributed by atoms with Crippen molar-refractivity contribution in [1.82, 2.24) is 20.1 Å². The average Bonchev–Trinajstić information content (AvgIpc) is 2.96. The molecule has 1 atom stereocenters. The quantitative estimate of drug-likeness (QED) is 0.792. The Morgan fingerprint density at radius 1 is 1.35 bits per heavy atom. The van der Waals surface area contributed by atoms with Gasteiger partial charge in [0.05, 0.1) is 0 Å². The molecule has 0 bridgehead atoms. The highest BCUT2D eigenvalue weighted by Gasteiger charge is 2.32. The highest BCUT2D eigenvalue weighted by molar-refractivity contribution is 5.75. The first-order valence-electron chi connectivity index (χ1n) is 7.76. The molecule has 0 aliphatic carbocycles.